The third kappa shape index (κ3) is 2.73. The molecule has 1 unspecified atom stereocenters. The number of nitrogens with zero attached hydrogens (tertiary/aromatic N) is 3. The minimum Gasteiger partial charge on any atom is -0.363 e. The van der Waals surface area contributed by atoms with E-state index in [4.69, 9.17) is 0 Å². The SMILES string of the molecule is C=CC(C)Nc1nccc(N(C)C)n1. The average Bonchev–Trinajstić information content (AvgIpc) is 2.18. The van der Waals surface area contributed by atoms with Crippen LogP contribution in [0.4, 0.5) is 11.8 Å². The van der Waals surface area contributed by atoms with Gasteiger partial charge >= 0.3 is 0 Å². The maximum atomic E-state index is 4.32. The van der Waals surface area contributed by atoms with E-state index in [0.29, 0.717) is 5.95 Å². The minimum atomic E-state index is 0.174. The highest BCUT2D eigenvalue weighted by Gasteiger charge is 2.02. The van der Waals surface area contributed by atoms with Crippen LogP contribution < -0.4 is 10.2 Å². The summed E-state index contributed by atoms with van der Waals surface area (Å²) in [6, 6.07) is 2.04. The molecule has 1 N–H and O–H groups in total. The van der Waals surface area contributed by atoms with Gasteiger partial charge in [0.2, 0.25) is 5.95 Å². The zero-order chi connectivity index (χ0) is 10.6. The largest absolute Gasteiger partial charge is 0.363 e. The molecule has 1 aromatic rings. The fourth-order valence-electron chi connectivity index (χ4n) is 0.930. The van der Waals surface area contributed by atoms with Gasteiger partial charge in [0, 0.05) is 26.3 Å². The first-order valence-electron chi connectivity index (χ1n) is 4.53. The Hall–Kier alpha value is -1.58. The zero-order valence-corrected chi connectivity index (χ0v) is 8.86. The molecule has 0 radical (unpaired) electrons. The smallest absolute Gasteiger partial charge is 0.225 e. The van der Waals surface area contributed by atoms with Crippen LogP contribution >= 0.6 is 0 Å². The number of rotatable bonds is 4. The van der Waals surface area contributed by atoms with Gasteiger partial charge in [0.25, 0.3) is 0 Å². The fourth-order valence-corrected chi connectivity index (χ4v) is 0.930. The van der Waals surface area contributed by atoms with Crippen molar-refractivity contribution in [3.05, 3.63) is 24.9 Å². The lowest BCUT2D eigenvalue weighted by molar-refractivity contribution is 0.946. The molecule has 4 heteroatoms. The summed E-state index contributed by atoms with van der Waals surface area (Å²) in [5.41, 5.74) is 0. The monoisotopic (exact) mass is 192 g/mol. The van der Waals surface area contributed by atoms with Gasteiger partial charge in [0.1, 0.15) is 5.82 Å². The second-order valence-electron chi connectivity index (χ2n) is 3.30. The topological polar surface area (TPSA) is 41.1 Å². The van der Waals surface area contributed by atoms with Crippen molar-refractivity contribution < 1.29 is 0 Å². The number of hydrogen-bond acceptors (Lipinski definition) is 4. The van der Waals surface area contributed by atoms with Crippen molar-refractivity contribution in [3.63, 3.8) is 0 Å². The maximum Gasteiger partial charge on any atom is 0.225 e. The van der Waals surface area contributed by atoms with E-state index >= 15 is 0 Å². The van der Waals surface area contributed by atoms with Gasteiger partial charge in [-0.25, -0.2) is 4.98 Å². The Morgan fingerprint density at radius 3 is 2.86 bits per heavy atom. The molecule has 0 aliphatic heterocycles. The lowest BCUT2D eigenvalue weighted by Crippen LogP contribution is -2.16. The van der Waals surface area contributed by atoms with Crippen LogP contribution in [0, 0.1) is 0 Å². The molecule has 0 aliphatic carbocycles. The molecule has 0 bridgehead atoms. The maximum absolute atomic E-state index is 4.32. The number of nitrogens with one attached hydrogen (secondary N) is 1. The molecule has 4 nitrogen and oxygen atoms in total. The molecular weight excluding hydrogens is 176 g/mol. The van der Waals surface area contributed by atoms with Crippen LogP contribution in [0.3, 0.4) is 0 Å². The van der Waals surface area contributed by atoms with E-state index in [2.05, 4.69) is 21.9 Å². The van der Waals surface area contributed by atoms with Crippen molar-refractivity contribution in [2.45, 2.75) is 13.0 Å². The molecule has 0 aromatic carbocycles. The Balaban J connectivity index is 2.78. The molecule has 0 amide bonds. The predicted molar refractivity (Wildman–Crippen MR) is 59.6 cm³/mol. The third-order valence-corrected chi connectivity index (χ3v) is 1.81. The average molecular weight is 192 g/mol. The Kier molecular flexibility index (Phi) is 3.45. The van der Waals surface area contributed by atoms with Crippen molar-refractivity contribution in [1.29, 1.82) is 0 Å². The summed E-state index contributed by atoms with van der Waals surface area (Å²) in [5.74, 6) is 1.52. The molecule has 14 heavy (non-hydrogen) atoms. The van der Waals surface area contributed by atoms with Crippen molar-refractivity contribution in [1.82, 2.24) is 9.97 Å². The first kappa shape index (κ1) is 10.5. The van der Waals surface area contributed by atoms with Gasteiger partial charge in [0.05, 0.1) is 0 Å². The summed E-state index contributed by atoms with van der Waals surface area (Å²) in [4.78, 5) is 10.4. The van der Waals surface area contributed by atoms with Gasteiger partial charge in [-0.1, -0.05) is 6.08 Å². The van der Waals surface area contributed by atoms with Crippen molar-refractivity contribution in [3.8, 4) is 0 Å². The molecule has 1 aromatic heterocycles. The van der Waals surface area contributed by atoms with E-state index in [-0.39, 0.29) is 6.04 Å². The van der Waals surface area contributed by atoms with Crippen LogP contribution in [-0.4, -0.2) is 30.1 Å². The van der Waals surface area contributed by atoms with E-state index in [0.717, 1.165) is 5.82 Å². The van der Waals surface area contributed by atoms with Crippen LogP contribution in [0.25, 0.3) is 0 Å². The Morgan fingerprint density at radius 1 is 1.57 bits per heavy atom. The summed E-state index contributed by atoms with van der Waals surface area (Å²) in [5, 5.41) is 3.12. The summed E-state index contributed by atoms with van der Waals surface area (Å²) >= 11 is 0. The van der Waals surface area contributed by atoms with Gasteiger partial charge < -0.3 is 10.2 Å². The Labute approximate surface area is 84.7 Å². The molecule has 1 atom stereocenters. The van der Waals surface area contributed by atoms with E-state index < -0.39 is 0 Å². The number of anilines is 2. The minimum absolute atomic E-state index is 0.174. The molecule has 1 heterocycles. The normalized spacial score (nSPS) is 11.9. The van der Waals surface area contributed by atoms with Crippen LogP contribution in [0.5, 0.6) is 0 Å². The molecular formula is C10H16N4. The lowest BCUT2D eigenvalue weighted by atomic mass is 10.3. The fraction of sp³-hybridized carbons (Fsp3) is 0.400. The van der Waals surface area contributed by atoms with E-state index in [1.165, 1.54) is 0 Å². The standard InChI is InChI=1S/C10H16N4/c1-5-8(2)12-10-11-7-6-9(13-10)14(3)4/h5-8H,1H2,2-4H3,(H,11,12,13). The molecule has 1 rings (SSSR count). The van der Waals surface area contributed by atoms with Gasteiger partial charge in [0.15, 0.2) is 0 Å². The molecule has 0 saturated carbocycles. The van der Waals surface area contributed by atoms with Gasteiger partial charge in [-0.2, -0.15) is 4.98 Å². The van der Waals surface area contributed by atoms with Crippen LogP contribution in [0.1, 0.15) is 6.92 Å². The summed E-state index contributed by atoms with van der Waals surface area (Å²) in [7, 11) is 3.89. The van der Waals surface area contributed by atoms with Crippen molar-refractivity contribution in [2.75, 3.05) is 24.3 Å². The molecule has 76 valence electrons. The highest BCUT2D eigenvalue weighted by Crippen LogP contribution is 2.09. The third-order valence-electron chi connectivity index (χ3n) is 1.81. The Morgan fingerprint density at radius 2 is 2.29 bits per heavy atom. The summed E-state index contributed by atoms with van der Waals surface area (Å²) in [6.45, 7) is 5.68. The highest BCUT2D eigenvalue weighted by molar-refractivity contribution is 5.41. The zero-order valence-electron chi connectivity index (χ0n) is 8.86. The molecule has 0 saturated heterocycles. The van der Waals surface area contributed by atoms with E-state index in [1.54, 1.807) is 6.20 Å². The second-order valence-corrected chi connectivity index (χ2v) is 3.30. The van der Waals surface area contributed by atoms with Crippen LogP contribution in [-0.2, 0) is 0 Å². The Bertz CT molecular complexity index is 309. The highest BCUT2D eigenvalue weighted by atomic mass is 15.2. The van der Waals surface area contributed by atoms with E-state index in [9.17, 15) is 0 Å². The van der Waals surface area contributed by atoms with Gasteiger partial charge in [-0.15, -0.1) is 6.58 Å². The molecule has 0 aliphatic rings. The van der Waals surface area contributed by atoms with Crippen molar-refractivity contribution >= 4 is 11.8 Å². The summed E-state index contributed by atoms with van der Waals surface area (Å²) in [6.07, 6.45) is 3.55. The second kappa shape index (κ2) is 4.60. The first-order valence-corrected chi connectivity index (χ1v) is 4.53. The van der Waals surface area contributed by atoms with Crippen LogP contribution in [0.15, 0.2) is 24.9 Å². The first-order chi connectivity index (χ1) is 6.63. The lowest BCUT2D eigenvalue weighted by Gasteiger charge is -2.13. The summed E-state index contributed by atoms with van der Waals surface area (Å²) < 4.78 is 0. The quantitative estimate of drug-likeness (QED) is 0.734. The number of aromatic nitrogens is 2. The van der Waals surface area contributed by atoms with Crippen molar-refractivity contribution in [2.24, 2.45) is 0 Å². The van der Waals surface area contributed by atoms with Gasteiger partial charge in [-0.05, 0) is 13.0 Å². The predicted octanol–water partition coefficient (Wildman–Crippen LogP) is 1.53. The molecule has 0 spiro atoms. The number of hydrogen-bond donors (Lipinski definition) is 1. The van der Waals surface area contributed by atoms with Gasteiger partial charge in [-0.3, -0.25) is 0 Å². The molecule has 0 fully saturated rings. The van der Waals surface area contributed by atoms with Crippen LogP contribution in [0.2, 0.25) is 0 Å². The van der Waals surface area contributed by atoms with E-state index in [1.807, 2.05) is 38.1 Å².